The minimum absolute atomic E-state index is 0.912. The van der Waals surface area contributed by atoms with Crippen LogP contribution in [-0.4, -0.2) is 6.54 Å². The molecular weight excluding hydrogens is 266 g/mol. The molecule has 22 heavy (non-hydrogen) atoms. The molecule has 1 nitrogen and oxygen atoms in total. The highest BCUT2D eigenvalue weighted by atomic mass is 15.1. The van der Waals surface area contributed by atoms with E-state index in [0.717, 1.165) is 6.54 Å². The molecule has 0 spiro atoms. The fourth-order valence-corrected chi connectivity index (χ4v) is 2.96. The van der Waals surface area contributed by atoms with E-state index in [-0.39, 0.29) is 0 Å². The fourth-order valence-electron chi connectivity index (χ4n) is 2.96. The summed E-state index contributed by atoms with van der Waals surface area (Å²) >= 11 is 0. The second-order valence-electron chi connectivity index (χ2n) is 5.49. The van der Waals surface area contributed by atoms with Crippen molar-refractivity contribution in [1.29, 1.82) is 0 Å². The molecule has 0 saturated carbocycles. The number of anilines is 2. The van der Waals surface area contributed by atoms with Gasteiger partial charge in [0.2, 0.25) is 0 Å². The lowest BCUT2D eigenvalue weighted by atomic mass is 9.99. The summed E-state index contributed by atoms with van der Waals surface area (Å²) in [6.07, 6.45) is 4.43. The molecule has 0 unspecified atom stereocenters. The van der Waals surface area contributed by atoms with E-state index in [1.165, 1.54) is 28.1 Å². The standard InChI is InChI=1S/C21H17N/c1-3-8-17(9-4-1)19-14-13-18-10-7-15-22(21(18)16-19)20-11-5-2-6-12-20/h1-14,16H,15H2. The predicted octanol–water partition coefficient (Wildman–Crippen LogP) is 5.52. The van der Waals surface area contributed by atoms with Crippen molar-refractivity contribution in [3.05, 3.63) is 90.5 Å². The van der Waals surface area contributed by atoms with Crippen LogP contribution in [0.4, 0.5) is 11.4 Å². The Balaban J connectivity index is 1.82. The van der Waals surface area contributed by atoms with Crippen LogP contribution in [0, 0.1) is 0 Å². The zero-order chi connectivity index (χ0) is 14.8. The van der Waals surface area contributed by atoms with Gasteiger partial charge in [0.25, 0.3) is 0 Å². The lowest BCUT2D eigenvalue weighted by molar-refractivity contribution is 1.08. The Kier molecular flexibility index (Phi) is 3.24. The van der Waals surface area contributed by atoms with Crippen molar-refractivity contribution in [2.24, 2.45) is 0 Å². The molecular formula is C21H17N. The van der Waals surface area contributed by atoms with Crippen LogP contribution in [0.15, 0.2) is 84.9 Å². The Labute approximate surface area is 131 Å². The van der Waals surface area contributed by atoms with Gasteiger partial charge < -0.3 is 4.90 Å². The SMILES string of the molecule is C1=Cc2ccc(-c3ccccc3)cc2N(c2ccccc2)C1. The molecule has 3 aromatic carbocycles. The summed E-state index contributed by atoms with van der Waals surface area (Å²) in [7, 11) is 0. The van der Waals surface area contributed by atoms with Gasteiger partial charge in [0.1, 0.15) is 0 Å². The topological polar surface area (TPSA) is 3.24 Å². The van der Waals surface area contributed by atoms with Gasteiger partial charge in [-0.1, -0.05) is 72.8 Å². The molecule has 0 N–H and O–H groups in total. The average molecular weight is 283 g/mol. The maximum Gasteiger partial charge on any atom is 0.0493 e. The van der Waals surface area contributed by atoms with E-state index in [9.17, 15) is 0 Å². The van der Waals surface area contributed by atoms with Crippen molar-refractivity contribution in [3.63, 3.8) is 0 Å². The first kappa shape index (κ1) is 12.9. The Morgan fingerprint density at radius 1 is 0.682 bits per heavy atom. The number of nitrogens with zero attached hydrogens (tertiary/aromatic N) is 1. The lowest BCUT2D eigenvalue weighted by Gasteiger charge is -2.29. The van der Waals surface area contributed by atoms with Crippen LogP contribution in [0.5, 0.6) is 0 Å². The third-order valence-corrected chi connectivity index (χ3v) is 4.08. The van der Waals surface area contributed by atoms with Gasteiger partial charge in [-0.05, 0) is 34.9 Å². The minimum atomic E-state index is 0.912. The Hall–Kier alpha value is -2.80. The molecule has 1 heterocycles. The van der Waals surface area contributed by atoms with E-state index >= 15 is 0 Å². The van der Waals surface area contributed by atoms with Gasteiger partial charge in [0.05, 0.1) is 0 Å². The quantitative estimate of drug-likeness (QED) is 0.598. The van der Waals surface area contributed by atoms with Crippen LogP contribution >= 0.6 is 0 Å². The van der Waals surface area contributed by atoms with Crippen LogP contribution < -0.4 is 4.90 Å². The van der Waals surface area contributed by atoms with E-state index in [1.807, 2.05) is 0 Å². The first-order valence-corrected chi connectivity index (χ1v) is 7.60. The molecule has 4 rings (SSSR count). The smallest absolute Gasteiger partial charge is 0.0493 e. The van der Waals surface area contributed by atoms with Gasteiger partial charge in [0.15, 0.2) is 0 Å². The minimum Gasteiger partial charge on any atom is -0.337 e. The zero-order valence-electron chi connectivity index (χ0n) is 12.3. The van der Waals surface area contributed by atoms with Crippen molar-refractivity contribution in [2.45, 2.75) is 0 Å². The van der Waals surface area contributed by atoms with E-state index < -0.39 is 0 Å². The molecule has 1 aliphatic rings. The highest BCUT2D eigenvalue weighted by Gasteiger charge is 2.15. The van der Waals surface area contributed by atoms with Gasteiger partial charge in [-0.2, -0.15) is 0 Å². The maximum absolute atomic E-state index is 2.36. The predicted molar refractivity (Wildman–Crippen MR) is 94.4 cm³/mol. The van der Waals surface area contributed by atoms with E-state index in [0.29, 0.717) is 0 Å². The van der Waals surface area contributed by atoms with Crippen LogP contribution in [0.1, 0.15) is 5.56 Å². The Morgan fingerprint density at radius 3 is 2.18 bits per heavy atom. The Morgan fingerprint density at radius 2 is 1.41 bits per heavy atom. The zero-order valence-corrected chi connectivity index (χ0v) is 12.3. The van der Waals surface area contributed by atoms with Gasteiger partial charge in [0, 0.05) is 17.9 Å². The molecule has 106 valence electrons. The third kappa shape index (κ3) is 2.31. The van der Waals surface area contributed by atoms with Crippen LogP contribution in [0.25, 0.3) is 17.2 Å². The number of fused-ring (bicyclic) bond motifs is 1. The largest absolute Gasteiger partial charge is 0.337 e. The lowest BCUT2D eigenvalue weighted by Crippen LogP contribution is -2.20. The van der Waals surface area contributed by atoms with Gasteiger partial charge in [-0.25, -0.2) is 0 Å². The third-order valence-electron chi connectivity index (χ3n) is 4.08. The van der Waals surface area contributed by atoms with Crippen molar-refractivity contribution in [2.75, 3.05) is 11.4 Å². The second-order valence-corrected chi connectivity index (χ2v) is 5.49. The van der Waals surface area contributed by atoms with Crippen LogP contribution in [0.2, 0.25) is 0 Å². The monoisotopic (exact) mass is 283 g/mol. The maximum atomic E-state index is 2.36. The number of para-hydroxylation sites is 1. The van der Waals surface area contributed by atoms with Gasteiger partial charge >= 0.3 is 0 Å². The van der Waals surface area contributed by atoms with E-state index in [1.54, 1.807) is 0 Å². The molecule has 0 aliphatic carbocycles. The van der Waals surface area contributed by atoms with Crippen molar-refractivity contribution >= 4 is 17.5 Å². The Bertz CT molecular complexity index is 804. The number of rotatable bonds is 2. The molecule has 1 heteroatoms. The van der Waals surface area contributed by atoms with Gasteiger partial charge in [-0.3, -0.25) is 0 Å². The van der Waals surface area contributed by atoms with E-state index in [2.05, 4.69) is 95.9 Å². The summed E-state index contributed by atoms with van der Waals surface area (Å²) in [6.45, 7) is 0.912. The molecule has 0 fully saturated rings. The summed E-state index contributed by atoms with van der Waals surface area (Å²) in [5, 5.41) is 0. The number of hydrogen-bond acceptors (Lipinski definition) is 1. The molecule has 0 bridgehead atoms. The van der Waals surface area contributed by atoms with Crippen molar-refractivity contribution in [3.8, 4) is 11.1 Å². The molecule has 1 aliphatic heterocycles. The summed E-state index contributed by atoms with van der Waals surface area (Å²) < 4.78 is 0. The molecule has 0 saturated heterocycles. The van der Waals surface area contributed by atoms with Crippen LogP contribution in [0.3, 0.4) is 0 Å². The average Bonchev–Trinajstić information content (AvgIpc) is 2.62. The molecule has 0 aromatic heterocycles. The van der Waals surface area contributed by atoms with Gasteiger partial charge in [-0.15, -0.1) is 0 Å². The highest BCUT2D eigenvalue weighted by molar-refractivity contribution is 5.82. The van der Waals surface area contributed by atoms with E-state index in [4.69, 9.17) is 0 Å². The second kappa shape index (κ2) is 5.53. The number of hydrogen-bond donors (Lipinski definition) is 0. The van der Waals surface area contributed by atoms with Crippen molar-refractivity contribution in [1.82, 2.24) is 0 Å². The molecule has 0 amide bonds. The number of benzene rings is 3. The molecule has 0 atom stereocenters. The first-order valence-electron chi connectivity index (χ1n) is 7.60. The summed E-state index contributed by atoms with van der Waals surface area (Å²) in [5.41, 5.74) is 6.30. The van der Waals surface area contributed by atoms with Crippen molar-refractivity contribution < 1.29 is 0 Å². The normalized spacial score (nSPS) is 13.0. The van der Waals surface area contributed by atoms with Crippen LogP contribution in [-0.2, 0) is 0 Å². The molecule has 3 aromatic rings. The summed E-state index contributed by atoms with van der Waals surface area (Å²) in [5.74, 6) is 0. The first-order chi connectivity index (χ1) is 10.9. The summed E-state index contributed by atoms with van der Waals surface area (Å²) in [6, 6.07) is 27.8. The highest BCUT2D eigenvalue weighted by Crippen LogP contribution is 2.35. The summed E-state index contributed by atoms with van der Waals surface area (Å²) in [4.78, 5) is 2.36. The fraction of sp³-hybridized carbons (Fsp3) is 0.0476. The molecule has 0 radical (unpaired) electrons.